The highest BCUT2D eigenvalue weighted by Crippen LogP contribution is 2.24. The Morgan fingerprint density at radius 3 is 2.82 bits per heavy atom. The number of aliphatic hydroxyl groups is 1. The highest BCUT2D eigenvalue weighted by Gasteiger charge is 2.13. The molecule has 0 aliphatic heterocycles. The third-order valence-corrected chi connectivity index (χ3v) is 2.35. The molecule has 0 saturated heterocycles. The molecule has 0 spiro atoms. The Labute approximate surface area is 96.3 Å². The number of aliphatic hydroxyl groups excluding tert-OH is 1. The van der Waals surface area contributed by atoms with Crippen molar-refractivity contribution in [1.82, 2.24) is 9.78 Å². The number of nitrogens with zero attached hydrogens (tertiary/aromatic N) is 2. The summed E-state index contributed by atoms with van der Waals surface area (Å²) in [4.78, 5) is 0. The van der Waals surface area contributed by atoms with Crippen LogP contribution in [0.5, 0.6) is 0 Å². The molecule has 4 nitrogen and oxygen atoms in total. The Balaban J connectivity index is 2.46. The van der Waals surface area contributed by atoms with E-state index in [1.807, 2.05) is 0 Å². The largest absolute Gasteiger partial charge is 0.394 e. The number of aromatic nitrogens is 2. The van der Waals surface area contributed by atoms with Gasteiger partial charge in [-0.15, -0.1) is 0 Å². The summed E-state index contributed by atoms with van der Waals surface area (Å²) in [5.41, 5.74) is 5.92. The van der Waals surface area contributed by atoms with Crippen molar-refractivity contribution in [3.8, 4) is 11.3 Å². The Morgan fingerprint density at radius 1 is 1.35 bits per heavy atom. The fourth-order valence-electron chi connectivity index (χ4n) is 1.54. The van der Waals surface area contributed by atoms with E-state index in [2.05, 4.69) is 5.10 Å². The van der Waals surface area contributed by atoms with Crippen molar-refractivity contribution < 1.29 is 13.9 Å². The van der Waals surface area contributed by atoms with Crippen molar-refractivity contribution >= 4 is 5.82 Å². The lowest BCUT2D eigenvalue weighted by Crippen LogP contribution is -2.07. The second-order valence-electron chi connectivity index (χ2n) is 3.50. The maximum absolute atomic E-state index is 13.5. The van der Waals surface area contributed by atoms with E-state index in [4.69, 9.17) is 10.8 Å². The first kappa shape index (κ1) is 11.5. The molecule has 0 aliphatic rings. The maximum Gasteiger partial charge on any atom is 0.168 e. The molecule has 2 aromatic rings. The number of anilines is 1. The zero-order valence-corrected chi connectivity index (χ0v) is 8.90. The van der Waals surface area contributed by atoms with Crippen LogP contribution in [0.2, 0.25) is 0 Å². The summed E-state index contributed by atoms with van der Waals surface area (Å²) >= 11 is 0. The van der Waals surface area contributed by atoms with Crippen LogP contribution >= 0.6 is 0 Å². The molecule has 1 aromatic carbocycles. The van der Waals surface area contributed by atoms with Crippen LogP contribution < -0.4 is 5.73 Å². The summed E-state index contributed by atoms with van der Waals surface area (Å²) in [7, 11) is 0. The van der Waals surface area contributed by atoms with Gasteiger partial charge in [0.1, 0.15) is 5.82 Å². The molecule has 0 fully saturated rings. The van der Waals surface area contributed by atoms with Gasteiger partial charge >= 0.3 is 0 Å². The van der Waals surface area contributed by atoms with Gasteiger partial charge in [0.15, 0.2) is 11.6 Å². The minimum absolute atomic E-state index is 0.0494. The normalized spacial score (nSPS) is 10.8. The maximum atomic E-state index is 13.5. The smallest absolute Gasteiger partial charge is 0.168 e. The monoisotopic (exact) mass is 239 g/mol. The molecule has 3 N–H and O–H groups in total. The first-order valence-electron chi connectivity index (χ1n) is 5.02. The molecule has 0 unspecified atom stereocenters. The van der Waals surface area contributed by atoms with Gasteiger partial charge in [0.05, 0.1) is 18.8 Å². The fourth-order valence-corrected chi connectivity index (χ4v) is 1.54. The standard InChI is InChI=1S/C11H11F2N3O/c12-8-3-1-2-7(11(8)13)9-6-10(14)16(15-9)4-5-17/h1-3,6,17H,4-5,14H2. The molecule has 0 atom stereocenters. The Hall–Kier alpha value is -1.95. The lowest BCUT2D eigenvalue weighted by atomic mass is 10.1. The Kier molecular flexibility index (Phi) is 3.06. The molecular weight excluding hydrogens is 228 g/mol. The fraction of sp³-hybridized carbons (Fsp3) is 0.182. The van der Waals surface area contributed by atoms with Gasteiger partial charge < -0.3 is 10.8 Å². The molecule has 6 heteroatoms. The molecule has 90 valence electrons. The third kappa shape index (κ3) is 2.12. The van der Waals surface area contributed by atoms with E-state index in [9.17, 15) is 8.78 Å². The van der Waals surface area contributed by atoms with Gasteiger partial charge in [-0.3, -0.25) is 0 Å². The van der Waals surface area contributed by atoms with Crippen LogP contribution in [0.25, 0.3) is 11.3 Å². The molecule has 2 rings (SSSR count). The van der Waals surface area contributed by atoms with Crippen LogP contribution in [0.1, 0.15) is 0 Å². The Morgan fingerprint density at radius 2 is 2.12 bits per heavy atom. The van der Waals surface area contributed by atoms with Crippen molar-refractivity contribution in [2.24, 2.45) is 0 Å². The van der Waals surface area contributed by atoms with Crippen molar-refractivity contribution in [1.29, 1.82) is 0 Å². The highest BCUT2D eigenvalue weighted by molar-refractivity contribution is 5.63. The van der Waals surface area contributed by atoms with Crippen molar-refractivity contribution in [3.63, 3.8) is 0 Å². The summed E-state index contributed by atoms with van der Waals surface area (Å²) < 4.78 is 27.9. The van der Waals surface area contributed by atoms with Crippen LogP contribution in [0.3, 0.4) is 0 Å². The number of nitrogen functional groups attached to an aromatic ring is 1. The number of benzene rings is 1. The minimum Gasteiger partial charge on any atom is -0.394 e. The molecule has 0 radical (unpaired) electrons. The third-order valence-electron chi connectivity index (χ3n) is 2.35. The molecule has 1 heterocycles. The van der Waals surface area contributed by atoms with Crippen LogP contribution in [0, 0.1) is 11.6 Å². The van der Waals surface area contributed by atoms with Gasteiger partial charge in [-0.05, 0) is 12.1 Å². The lowest BCUT2D eigenvalue weighted by Gasteiger charge is -2.00. The Bertz CT molecular complexity index is 540. The van der Waals surface area contributed by atoms with Crippen molar-refractivity contribution in [2.75, 3.05) is 12.3 Å². The van der Waals surface area contributed by atoms with Crippen LogP contribution in [-0.2, 0) is 6.54 Å². The van der Waals surface area contributed by atoms with E-state index < -0.39 is 11.6 Å². The summed E-state index contributed by atoms with van der Waals surface area (Å²) in [6, 6.07) is 5.29. The second kappa shape index (κ2) is 4.50. The van der Waals surface area contributed by atoms with Crippen LogP contribution in [-0.4, -0.2) is 21.5 Å². The quantitative estimate of drug-likeness (QED) is 0.851. The van der Waals surface area contributed by atoms with E-state index in [0.29, 0.717) is 0 Å². The molecule has 0 aliphatic carbocycles. The van der Waals surface area contributed by atoms with Gasteiger partial charge in [-0.25, -0.2) is 13.5 Å². The number of halogens is 2. The zero-order valence-electron chi connectivity index (χ0n) is 8.90. The van der Waals surface area contributed by atoms with Gasteiger partial charge in [-0.2, -0.15) is 5.10 Å². The summed E-state index contributed by atoms with van der Waals surface area (Å²) in [5, 5.41) is 12.8. The van der Waals surface area contributed by atoms with E-state index >= 15 is 0 Å². The molecule has 0 amide bonds. The van der Waals surface area contributed by atoms with E-state index in [-0.39, 0.29) is 30.2 Å². The predicted octanol–water partition coefficient (Wildman–Crippen LogP) is 1.40. The lowest BCUT2D eigenvalue weighted by molar-refractivity contribution is 0.270. The van der Waals surface area contributed by atoms with Crippen LogP contribution in [0.4, 0.5) is 14.6 Å². The highest BCUT2D eigenvalue weighted by atomic mass is 19.2. The zero-order chi connectivity index (χ0) is 12.4. The summed E-state index contributed by atoms with van der Waals surface area (Å²) in [6.07, 6.45) is 0. The number of rotatable bonds is 3. The van der Waals surface area contributed by atoms with Gasteiger partial charge in [0.2, 0.25) is 0 Å². The number of hydrogen-bond acceptors (Lipinski definition) is 3. The van der Waals surface area contributed by atoms with Crippen molar-refractivity contribution in [3.05, 3.63) is 35.9 Å². The van der Waals surface area contributed by atoms with Crippen molar-refractivity contribution in [2.45, 2.75) is 6.54 Å². The van der Waals surface area contributed by atoms with E-state index in [0.717, 1.165) is 6.07 Å². The summed E-state index contributed by atoms with van der Waals surface area (Å²) in [5.74, 6) is -1.60. The topological polar surface area (TPSA) is 64.1 Å². The first-order chi connectivity index (χ1) is 8.13. The number of nitrogens with two attached hydrogens (primary N) is 1. The average molecular weight is 239 g/mol. The predicted molar refractivity (Wildman–Crippen MR) is 59.1 cm³/mol. The van der Waals surface area contributed by atoms with Gasteiger partial charge in [0, 0.05) is 11.6 Å². The average Bonchev–Trinajstić information content (AvgIpc) is 2.65. The van der Waals surface area contributed by atoms with Gasteiger partial charge in [0.25, 0.3) is 0 Å². The molecule has 0 saturated carbocycles. The summed E-state index contributed by atoms with van der Waals surface area (Å²) in [6.45, 7) is 0.0831. The van der Waals surface area contributed by atoms with E-state index in [1.165, 1.54) is 22.9 Å². The number of hydrogen-bond donors (Lipinski definition) is 2. The molecule has 0 bridgehead atoms. The first-order valence-corrected chi connectivity index (χ1v) is 5.02. The second-order valence-corrected chi connectivity index (χ2v) is 3.50. The molecular formula is C11H11F2N3O. The van der Waals surface area contributed by atoms with E-state index in [1.54, 1.807) is 0 Å². The molecule has 1 aromatic heterocycles. The van der Waals surface area contributed by atoms with Gasteiger partial charge in [-0.1, -0.05) is 6.07 Å². The SMILES string of the molecule is Nc1cc(-c2cccc(F)c2F)nn1CCO. The minimum atomic E-state index is -0.957. The molecule has 17 heavy (non-hydrogen) atoms. The van der Waals surface area contributed by atoms with Crippen LogP contribution in [0.15, 0.2) is 24.3 Å².